The lowest BCUT2D eigenvalue weighted by Gasteiger charge is -2.08. The predicted molar refractivity (Wildman–Crippen MR) is 78.0 cm³/mol. The van der Waals surface area contributed by atoms with Crippen molar-refractivity contribution in [3.8, 4) is 11.8 Å². The van der Waals surface area contributed by atoms with Crippen molar-refractivity contribution in [1.82, 2.24) is 0 Å². The summed E-state index contributed by atoms with van der Waals surface area (Å²) in [6.45, 7) is 2.18. The first-order chi connectivity index (χ1) is 9.25. The summed E-state index contributed by atoms with van der Waals surface area (Å²) in [4.78, 5) is 11.2. The number of carboxylic acids is 1. The van der Waals surface area contributed by atoms with Crippen LogP contribution in [0.4, 0.5) is 0 Å². The number of rotatable bonds is 7. The Bertz CT molecular complexity index is 426. The highest BCUT2D eigenvalue weighted by Gasteiger charge is 2.17. The number of benzene rings is 1. The topological polar surface area (TPSA) is 37.3 Å². The Morgan fingerprint density at radius 1 is 1.16 bits per heavy atom. The molecule has 2 heteroatoms. The lowest BCUT2D eigenvalue weighted by Crippen LogP contribution is -2.10. The van der Waals surface area contributed by atoms with E-state index in [1.807, 2.05) is 30.3 Å². The molecule has 0 radical (unpaired) electrons. The van der Waals surface area contributed by atoms with E-state index in [-0.39, 0.29) is 0 Å². The summed E-state index contributed by atoms with van der Waals surface area (Å²) in [7, 11) is 0. The quantitative estimate of drug-likeness (QED) is 0.587. The van der Waals surface area contributed by atoms with Crippen LogP contribution in [-0.4, -0.2) is 11.1 Å². The highest BCUT2D eigenvalue weighted by Crippen LogP contribution is 2.19. The average Bonchev–Trinajstić information content (AvgIpc) is 2.42. The molecule has 0 saturated heterocycles. The van der Waals surface area contributed by atoms with Gasteiger partial charge >= 0.3 is 5.97 Å². The molecular weight excluding hydrogens is 236 g/mol. The van der Waals surface area contributed by atoms with Crippen molar-refractivity contribution in [2.24, 2.45) is 0 Å². The van der Waals surface area contributed by atoms with Gasteiger partial charge in [0.2, 0.25) is 0 Å². The third-order valence-electron chi connectivity index (χ3n) is 3.09. The van der Waals surface area contributed by atoms with E-state index in [9.17, 15) is 9.90 Å². The average molecular weight is 258 g/mol. The minimum absolute atomic E-state index is 0.396. The molecule has 0 aliphatic carbocycles. The molecule has 19 heavy (non-hydrogen) atoms. The maximum atomic E-state index is 11.2. The molecule has 1 unspecified atom stereocenters. The summed E-state index contributed by atoms with van der Waals surface area (Å²) in [6.07, 6.45) is 6.08. The summed E-state index contributed by atoms with van der Waals surface area (Å²) in [6, 6.07) is 9.32. The van der Waals surface area contributed by atoms with Crippen LogP contribution in [-0.2, 0) is 4.79 Å². The summed E-state index contributed by atoms with van der Waals surface area (Å²) >= 11 is 0. The van der Waals surface area contributed by atoms with Crippen molar-refractivity contribution in [3.05, 3.63) is 35.9 Å². The monoisotopic (exact) mass is 258 g/mol. The lowest BCUT2D eigenvalue weighted by molar-refractivity contribution is -0.138. The van der Waals surface area contributed by atoms with Crippen LogP contribution in [0.1, 0.15) is 56.9 Å². The smallest absolute Gasteiger partial charge is 0.311 e. The third-order valence-corrected chi connectivity index (χ3v) is 3.09. The third kappa shape index (κ3) is 6.10. The van der Waals surface area contributed by atoms with Gasteiger partial charge in [0.1, 0.15) is 0 Å². The van der Waals surface area contributed by atoms with Gasteiger partial charge in [-0.3, -0.25) is 4.79 Å². The molecule has 0 aliphatic rings. The molecule has 2 nitrogen and oxygen atoms in total. The molecule has 0 amide bonds. The largest absolute Gasteiger partial charge is 0.481 e. The van der Waals surface area contributed by atoms with Crippen molar-refractivity contribution in [3.63, 3.8) is 0 Å². The van der Waals surface area contributed by atoms with Gasteiger partial charge in [-0.1, -0.05) is 56.5 Å². The fourth-order valence-electron chi connectivity index (χ4n) is 1.94. The molecule has 0 bridgehead atoms. The number of aliphatic carboxylic acids is 1. The second-order valence-electron chi connectivity index (χ2n) is 4.67. The summed E-state index contributed by atoms with van der Waals surface area (Å²) < 4.78 is 0. The Hall–Kier alpha value is -1.75. The Kier molecular flexibility index (Phi) is 7.43. The molecule has 102 valence electrons. The van der Waals surface area contributed by atoms with Crippen LogP contribution in [0.15, 0.2) is 30.3 Å². The van der Waals surface area contributed by atoms with Crippen LogP contribution < -0.4 is 0 Å². The standard InChI is InChI=1S/C17H22O2/c1-2-3-4-5-6-7-11-14-16(17(18)19)15-12-9-8-10-13-15/h8-10,12-13,16H,2-6,14H2,1H3,(H,18,19). The van der Waals surface area contributed by atoms with Crippen molar-refractivity contribution in [2.75, 3.05) is 0 Å². The maximum Gasteiger partial charge on any atom is 0.311 e. The van der Waals surface area contributed by atoms with E-state index in [1.54, 1.807) is 0 Å². The molecular formula is C17H22O2. The SMILES string of the molecule is CCCCCCC#CCC(C(=O)O)c1ccccc1. The van der Waals surface area contributed by atoms with E-state index < -0.39 is 11.9 Å². The minimum atomic E-state index is -0.800. The first-order valence-electron chi connectivity index (χ1n) is 6.99. The second-order valence-corrected chi connectivity index (χ2v) is 4.67. The molecule has 1 atom stereocenters. The zero-order valence-corrected chi connectivity index (χ0v) is 11.6. The fourth-order valence-corrected chi connectivity index (χ4v) is 1.94. The van der Waals surface area contributed by atoms with Gasteiger partial charge < -0.3 is 5.11 Å². The predicted octanol–water partition coefficient (Wildman–Crippen LogP) is 4.22. The van der Waals surface area contributed by atoms with Crippen LogP contribution in [0.25, 0.3) is 0 Å². The maximum absolute atomic E-state index is 11.2. The van der Waals surface area contributed by atoms with E-state index in [4.69, 9.17) is 0 Å². The van der Waals surface area contributed by atoms with Crippen LogP contribution in [0.2, 0.25) is 0 Å². The number of hydrogen-bond donors (Lipinski definition) is 1. The van der Waals surface area contributed by atoms with Gasteiger partial charge in [0.25, 0.3) is 0 Å². The molecule has 0 spiro atoms. The van der Waals surface area contributed by atoms with Crippen molar-refractivity contribution in [2.45, 2.75) is 51.4 Å². The van der Waals surface area contributed by atoms with Crippen LogP contribution >= 0.6 is 0 Å². The van der Waals surface area contributed by atoms with Gasteiger partial charge in [0.05, 0.1) is 5.92 Å². The van der Waals surface area contributed by atoms with E-state index in [0.29, 0.717) is 6.42 Å². The number of hydrogen-bond acceptors (Lipinski definition) is 1. The number of carbonyl (C=O) groups is 1. The van der Waals surface area contributed by atoms with Crippen LogP contribution in [0, 0.1) is 11.8 Å². The van der Waals surface area contributed by atoms with E-state index in [0.717, 1.165) is 18.4 Å². The van der Waals surface area contributed by atoms with E-state index in [1.165, 1.54) is 19.3 Å². The molecule has 0 heterocycles. The van der Waals surface area contributed by atoms with Gasteiger partial charge in [-0.25, -0.2) is 0 Å². The highest BCUT2D eigenvalue weighted by atomic mass is 16.4. The van der Waals surface area contributed by atoms with Gasteiger partial charge in [-0.15, -0.1) is 11.8 Å². The number of unbranched alkanes of at least 4 members (excludes halogenated alkanes) is 4. The Morgan fingerprint density at radius 2 is 1.89 bits per heavy atom. The second kappa shape index (κ2) is 9.22. The Morgan fingerprint density at radius 3 is 2.53 bits per heavy atom. The molecule has 0 aliphatic heterocycles. The fraction of sp³-hybridized carbons (Fsp3) is 0.471. The van der Waals surface area contributed by atoms with Crippen molar-refractivity contribution < 1.29 is 9.90 Å². The minimum Gasteiger partial charge on any atom is -0.481 e. The molecule has 1 rings (SSSR count). The summed E-state index contributed by atoms with van der Waals surface area (Å²) in [5.74, 6) is 4.79. The van der Waals surface area contributed by atoms with Gasteiger partial charge in [0, 0.05) is 12.8 Å². The van der Waals surface area contributed by atoms with Crippen LogP contribution in [0.3, 0.4) is 0 Å². The van der Waals surface area contributed by atoms with E-state index >= 15 is 0 Å². The molecule has 1 aromatic rings. The lowest BCUT2D eigenvalue weighted by atomic mass is 9.96. The molecule has 0 fully saturated rings. The molecule has 0 aromatic heterocycles. The summed E-state index contributed by atoms with van der Waals surface area (Å²) in [5.41, 5.74) is 0.829. The van der Waals surface area contributed by atoms with E-state index in [2.05, 4.69) is 18.8 Å². The van der Waals surface area contributed by atoms with Gasteiger partial charge in [-0.05, 0) is 12.0 Å². The highest BCUT2D eigenvalue weighted by molar-refractivity contribution is 5.76. The first-order valence-corrected chi connectivity index (χ1v) is 6.99. The van der Waals surface area contributed by atoms with Crippen molar-refractivity contribution >= 4 is 5.97 Å². The molecule has 1 N–H and O–H groups in total. The van der Waals surface area contributed by atoms with Gasteiger partial charge in [-0.2, -0.15) is 0 Å². The Balaban J connectivity index is 2.44. The first kappa shape index (κ1) is 15.3. The number of carboxylic acid groups (broad SMARTS) is 1. The molecule has 1 aromatic carbocycles. The normalized spacial score (nSPS) is 11.4. The van der Waals surface area contributed by atoms with Crippen molar-refractivity contribution in [1.29, 1.82) is 0 Å². The Labute approximate surface area is 115 Å². The van der Waals surface area contributed by atoms with Gasteiger partial charge in [0.15, 0.2) is 0 Å². The molecule has 0 saturated carbocycles. The zero-order chi connectivity index (χ0) is 13.9. The zero-order valence-electron chi connectivity index (χ0n) is 11.6. The van der Waals surface area contributed by atoms with Crippen LogP contribution in [0.5, 0.6) is 0 Å². The summed E-state index contributed by atoms with van der Waals surface area (Å²) in [5, 5.41) is 9.23.